The van der Waals surface area contributed by atoms with E-state index in [-0.39, 0.29) is 11.6 Å². The van der Waals surface area contributed by atoms with Gasteiger partial charge in [0.2, 0.25) is 6.41 Å². The predicted octanol–water partition coefficient (Wildman–Crippen LogP) is 3.16. The normalized spacial score (nSPS) is 22.8. The van der Waals surface area contributed by atoms with Crippen LogP contribution in [-0.2, 0) is 11.2 Å². The van der Waals surface area contributed by atoms with Crippen molar-refractivity contribution in [2.45, 2.75) is 57.0 Å². The minimum Gasteiger partial charge on any atom is -0.478 e. The lowest BCUT2D eigenvalue weighted by molar-refractivity contribution is -0.126. The van der Waals surface area contributed by atoms with E-state index in [9.17, 15) is 14.7 Å². The summed E-state index contributed by atoms with van der Waals surface area (Å²) in [6, 6.07) is 5.34. The molecule has 21 heavy (non-hydrogen) atoms. The lowest BCUT2D eigenvalue weighted by Crippen LogP contribution is -2.45. The number of carboxylic acids is 1. The zero-order chi connectivity index (χ0) is 15.0. The largest absolute Gasteiger partial charge is 0.478 e. The third kappa shape index (κ3) is 2.33. The quantitative estimate of drug-likeness (QED) is 0.865. The SMILES string of the molecule is CC1(N(C=O)C2CCc3ccc(C(=O)O)cc32)CCCC1. The van der Waals surface area contributed by atoms with Crippen molar-refractivity contribution in [1.82, 2.24) is 4.90 Å². The van der Waals surface area contributed by atoms with Gasteiger partial charge in [-0.25, -0.2) is 4.79 Å². The van der Waals surface area contributed by atoms with Crippen molar-refractivity contribution in [1.29, 1.82) is 0 Å². The highest BCUT2D eigenvalue weighted by Gasteiger charge is 2.40. The van der Waals surface area contributed by atoms with Crippen LogP contribution in [0, 0.1) is 0 Å². The minimum absolute atomic E-state index is 0.0277. The van der Waals surface area contributed by atoms with Gasteiger partial charge in [-0.15, -0.1) is 0 Å². The molecular formula is C17H21NO3. The molecule has 2 aliphatic rings. The topological polar surface area (TPSA) is 57.6 Å². The minimum atomic E-state index is -0.909. The number of fused-ring (bicyclic) bond motifs is 1. The number of carbonyl (C=O) groups is 2. The molecule has 0 heterocycles. The molecule has 112 valence electrons. The molecule has 1 atom stereocenters. The average molecular weight is 287 g/mol. The van der Waals surface area contributed by atoms with Gasteiger partial charge in [0, 0.05) is 5.54 Å². The van der Waals surface area contributed by atoms with Gasteiger partial charge < -0.3 is 10.0 Å². The molecule has 1 saturated carbocycles. The maximum absolute atomic E-state index is 11.7. The summed E-state index contributed by atoms with van der Waals surface area (Å²) < 4.78 is 0. The molecule has 0 saturated heterocycles. The highest BCUT2D eigenvalue weighted by molar-refractivity contribution is 5.88. The maximum Gasteiger partial charge on any atom is 0.335 e. The van der Waals surface area contributed by atoms with Gasteiger partial charge in [0.15, 0.2) is 0 Å². The second-order valence-corrected chi connectivity index (χ2v) is 6.49. The molecule has 2 aliphatic carbocycles. The van der Waals surface area contributed by atoms with E-state index in [0.717, 1.165) is 50.5 Å². The molecule has 4 heteroatoms. The van der Waals surface area contributed by atoms with Crippen molar-refractivity contribution in [3.63, 3.8) is 0 Å². The van der Waals surface area contributed by atoms with Crippen LogP contribution >= 0.6 is 0 Å². The van der Waals surface area contributed by atoms with Crippen LogP contribution in [0.4, 0.5) is 0 Å². The number of nitrogens with zero attached hydrogens (tertiary/aromatic N) is 1. The number of carbonyl (C=O) groups excluding carboxylic acids is 1. The lowest BCUT2D eigenvalue weighted by atomic mass is 9.94. The molecule has 1 unspecified atom stereocenters. The van der Waals surface area contributed by atoms with Crippen LogP contribution in [-0.4, -0.2) is 27.9 Å². The molecule has 1 aromatic rings. The van der Waals surface area contributed by atoms with Gasteiger partial charge in [0.05, 0.1) is 11.6 Å². The molecule has 4 nitrogen and oxygen atoms in total. The Kier molecular flexibility index (Phi) is 3.47. The number of amides is 1. The van der Waals surface area contributed by atoms with E-state index in [1.807, 2.05) is 11.0 Å². The lowest BCUT2D eigenvalue weighted by Gasteiger charge is -2.40. The predicted molar refractivity (Wildman–Crippen MR) is 79.2 cm³/mol. The Morgan fingerprint density at radius 3 is 2.71 bits per heavy atom. The van der Waals surface area contributed by atoms with Crippen LogP contribution in [0.1, 0.15) is 66.6 Å². The van der Waals surface area contributed by atoms with Crippen molar-refractivity contribution in [2.75, 3.05) is 0 Å². The molecular weight excluding hydrogens is 266 g/mol. The summed E-state index contributed by atoms with van der Waals surface area (Å²) in [5.41, 5.74) is 2.43. The van der Waals surface area contributed by atoms with Crippen molar-refractivity contribution >= 4 is 12.4 Å². The van der Waals surface area contributed by atoms with E-state index in [0.29, 0.717) is 5.56 Å². The summed E-state index contributed by atoms with van der Waals surface area (Å²) in [6.45, 7) is 2.16. The van der Waals surface area contributed by atoms with E-state index in [2.05, 4.69) is 6.92 Å². The average Bonchev–Trinajstić information content (AvgIpc) is 3.07. The van der Waals surface area contributed by atoms with Gasteiger partial charge >= 0.3 is 5.97 Å². The number of benzene rings is 1. The van der Waals surface area contributed by atoms with Crippen LogP contribution in [0.15, 0.2) is 18.2 Å². The summed E-state index contributed by atoms with van der Waals surface area (Å²) in [5, 5.41) is 9.18. The zero-order valence-electron chi connectivity index (χ0n) is 12.3. The Morgan fingerprint density at radius 2 is 2.10 bits per heavy atom. The third-order valence-electron chi connectivity index (χ3n) is 5.19. The second-order valence-electron chi connectivity index (χ2n) is 6.49. The smallest absolute Gasteiger partial charge is 0.335 e. The summed E-state index contributed by atoms with van der Waals surface area (Å²) >= 11 is 0. The number of rotatable bonds is 4. The maximum atomic E-state index is 11.7. The number of hydrogen-bond acceptors (Lipinski definition) is 2. The van der Waals surface area contributed by atoms with Gasteiger partial charge in [0.25, 0.3) is 0 Å². The van der Waals surface area contributed by atoms with Gasteiger partial charge in [-0.1, -0.05) is 18.9 Å². The highest BCUT2D eigenvalue weighted by Crippen LogP contribution is 2.44. The monoisotopic (exact) mass is 287 g/mol. The second kappa shape index (κ2) is 5.17. The molecule has 3 rings (SSSR count). The van der Waals surface area contributed by atoms with Crippen LogP contribution in [0.25, 0.3) is 0 Å². The van der Waals surface area contributed by atoms with Crippen LogP contribution in [0.3, 0.4) is 0 Å². The summed E-state index contributed by atoms with van der Waals surface area (Å²) in [4.78, 5) is 24.9. The summed E-state index contributed by atoms with van der Waals surface area (Å²) in [6.07, 6.45) is 7.18. The van der Waals surface area contributed by atoms with E-state index >= 15 is 0 Å². The molecule has 1 fully saturated rings. The number of hydrogen-bond donors (Lipinski definition) is 1. The Balaban J connectivity index is 1.96. The molecule has 0 radical (unpaired) electrons. The summed E-state index contributed by atoms with van der Waals surface area (Å²) in [7, 11) is 0. The number of carboxylic acid groups (broad SMARTS) is 1. The Bertz CT molecular complexity index is 575. The summed E-state index contributed by atoms with van der Waals surface area (Å²) in [5.74, 6) is -0.909. The van der Waals surface area contributed by atoms with Gasteiger partial charge in [0.1, 0.15) is 0 Å². The molecule has 0 spiro atoms. The molecule has 0 aromatic heterocycles. The van der Waals surface area contributed by atoms with Gasteiger partial charge in [-0.3, -0.25) is 4.79 Å². The Labute approximate surface area is 124 Å². The molecule has 0 aliphatic heterocycles. The van der Waals surface area contributed by atoms with Gasteiger partial charge in [-0.2, -0.15) is 0 Å². The first-order valence-electron chi connectivity index (χ1n) is 7.65. The first kappa shape index (κ1) is 14.1. The molecule has 1 N–H and O–H groups in total. The van der Waals surface area contributed by atoms with Crippen LogP contribution < -0.4 is 0 Å². The van der Waals surface area contributed by atoms with Crippen LogP contribution in [0.5, 0.6) is 0 Å². The fourth-order valence-electron chi connectivity index (χ4n) is 3.97. The van der Waals surface area contributed by atoms with E-state index in [4.69, 9.17) is 0 Å². The van der Waals surface area contributed by atoms with Gasteiger partial charge in [-0.05, 0) is 55.9 Å². The highest BCUT2D eigenvalue weighted by atomic mass is 16.4. The zero-order valence-corrected chi connectivity index (χ0v) is 12.3. The molecule has 1 aromatic carbocycles. The van der Waals surface area contributed by atoms with E-state index < -0.39 is 5.97 Å². The Morgan fingerprint density at radius 1 is 1.38 bits per heavy atom. The van der Waals surface area contributed by atoms with Crippen molar-refractivity contribution in [3.8, 4) is 0 Å². The van der Waals surface area contributed by atoms with Crippen molar-refractivity contribution in [2.24, 2.45) is 0 Å². The fraction of sp³-hybridized carbons (Fsp3) is 0.529. The van der Waals surface area contributed by atoms with Crippen LogP contribution in [0.2, 0.25) is 0 Å². The van der Waals surface area contributed by atoms with E-state index in [1.165, 1.54) is 5.56 Å². The third-order valence-corrected chi connectivity index (χ3v) is 5.19. The van der Waals surface area contributed by atoms with Crippen molar-refractivity contribution in [3.05, 3.63) is 34.9 Å². The molecule has 1 amide bonds. The Hall–Kier alpha value is -1.84. The van der Waals surface area contributed by atoms with E-state index in [1.54, 1.807) is 12.1 Å². The first-order chi connectivity index (χ1) is 10.0. The first-order valence-corrected chi connectivity index (χ1v) is 7.65. The number of aromatic carboxylic acids is 1. The number of aryl methyl sites for hydroxylation is 1. The fourth-order valence-corrected chi connectivity index (χ4v) is 3.97. The standard InChI is InChI=1S/C17H21NO3/c1-17(8-2-3-9-17)18(11-19)15-7-6-12-4-5-13(16(20)21)10-14(12)15/h4-5,10-11,15H,2-3,6-9H2,1H3,(H,20,21). The molecule has 0 bridgehead atoms. The van der Waals surface area contributed by atoms with Crippen molar-refractivity contribution < 1.29 is 14.7 Å².